The van der Waals surface area contributed by atoms with Crippen molar-refractivity contribution in [2.45, 2.75) is 43.9 Å². The van der Waals surface area contributed by atoms with E-state index in [0.717, 1.165) is 19.3 Å². The zero-order valence-electron chi connectivity index (χ0n) is 12.4. The van der Waals surface area contributed by atoms with Gasteiger partial charge >= 0.3 is 5.97 Å². The molecule has 5 heteroatoms. The van der Waals surface area contributed by atoms with Crippen LogP contribution in [-0.4, -0.2) is 26.7 Å². The van der Waals surface area contributed by atoms with Crippen LogP contribution in [0.5, 0.6) is 0 Å². The van der Waals surface area contributed by atoms with Crippen molar-refractivity contribution in [1.82, 2.24) is 0 Å². The molecule has 0 aliphatic heterocycles. The lowest BCUT2D eigenvalue weighted by Gasteiger charge is -2.34. The Bertz CT molecular complexity index is 572. The first kappa shape index (κ1) is 16.0. The van der Waals surface area contributed by atoms with Gasteiger partial charge in [0.05, 0.1) is 22.7 Å². The monoisotopic (exact) mass is 310 g/mol. The van der Waals surface area contributed by atoms with E-state index in [1.807, 2.05) is 0 Å². The quantitative estimate of drug-likeness (QED) is 0.784. The Hall–Kier alpha value is -1.36. The Morgan fingerprint density at radius 2 is 1.76 bits per heavy atom. The van der Waals surface area contributed by atoms with Crippen LogP contribution in [-0.2, 0) is 19.4 Å². The van der Waals surface area contributed by atoms with Gasteiger partial charge in [0.25, 0.3) is 0 Å². The number of ether oxygens (including phenoxy) is 1. The first-order valence-electron chi connectivity index (χ1n) is 7.45. The molecule has 0 bridgehead atoms. The van der Waals surface area contributed by atoms with Crippen molar-refractivity contribution in [2.24, 2.45) is 5.41 Å². The maximum Gasteiger partial charge on any atom is 0.313 e. The molecule has 0 spiro atoms. The maximum atomic E-state index is 12.6. The largest absolute Gasteiger partial charge is 0.466 e. The molecule has 0 aromatic heterocycles. The lowest BCUT2D eigenvalue weighted by atomic mass is 9.75. The van der Waals surface area contributed by atoms with Gasteiger partial charge in [-0.1, -0.05) is 37.5 Å². The second kappa shape index (κ2) is 6.60. The molecular formula is C16H22O4S. The Morgan fingerprint density at radius 1 is 1.14 bits per heavy atom. The molecule has 1 fully saturated rings. The van der Waals surface area contributed by atoms with Gasteiger partial charge in [-0.2, -0.15) is 0 Å². The predicted molar refractivity (Wildman–Crippen MR) is 80.6 cm³/mol. The molecule has 0 atom stereocenters. The number of rotatable bonds is 5. The third-order valence-electron chi connectivity index (χ3n) is 4.09. The molecule has 21 heavy (non-hydrogen) atoms. The molecule has 0 heterocycles. The Morgan fingerprint density at radius 3 is 2.33 bits per heavy atom. The third kappa shape index (κ3) is 3.64. The summed E-state index contributed by atoms with van der Waals surface area (Å²) in [6.45, 7) is 2.03. The van der Waals surface area contributed by atoms with Crippen LogP contribution < -0.4 is 0 Å². The van der Waals surface area contributed by atoms with Gasteiger partial charge in [0.15, 0.2) is 9.84 Å². The summed E-state index contributed by atoms with van der Waals surface area (Å²) in [6, 6.07) is 8.34. The highest BCUT2D eigenvalue weighted by Gasteiger charge is 2.44. The van der Waals surface area contributed by atoms with E-state index in [0.29, 0.717) is 12.8 Å². The second-order valence-corrected chi connectivity index (χ2v) is 7.62. The Kier molecular flexibility index (Phi) is 5.04. The van der Waals surface area contributed by atoms with Crippen LogP contribution in [0.4, 0.5) is 0 Å². The molecule has 1 aliphatic carbocycles. The zero-order valence-corrected chi connectivity index (χ0v) is 13.2. The highest BCUT2D eigenvalue weighted by molar-refractivity contribution is 7.91. The fourth-order valence-corrected chi connectivity index (χ4v) is 4.87. The van der Waals surface area contributed by atoms with Gasteiger partial charge in [-0.05, 0) is 31.9 Å². The molecular weight excluding hydrogens is 288 g/mol. The van der Waals surface area contributed by atoms with E-state index in [4.69, 9.17) is 4.74 Å². The second-order valence-electron chi connectivity index (χ2n) is 5.63. The minimum absolute atomic E-state index is 0.150. The average molecular weight is 310 g/mol. The van der Waals surface area contributed by atoms with Crippen molar-refractivity contribution in [2.75, 3.05) is 12.4 Å². The van der Waals surface area contributed by atoms with Gasteiger partial charge in [-0.25, -0.2) is 8.42 Å². The fraction of sp³-hybridized carbons (Fsp3) is 0.562. The minimum atomic E-state index is -3.48. The van der Waals surface area contributed by atoms with E-state index in [1.165, 1.54) is 0 Å². The van der Waals surface area contributed by atoms with Crippen molar-refractivity contribution < 1.29 is 17.9 Å². The van der Waals surface area contributed by atoms with Crippen LogP contribution in [0.2, 0.25) is 0 Å². The standard InChI is InChI=1S/C16H22O4S/c1-2-20-15(17)16(11-7-4-8-12-16)13-21(18,19)14-9-5-3-6-10-14/h3,5-6,9-10H,2,4,7-8,11-13H2,1H3. The van der Waals surface area contributed by atoms with E-state index in [2.05, 4.69) is 0 Å². The first-order chi connectivity index (χ1) is 10.0. The number of esters is 1. The number of hydrogen-bond acceptors (Lipinski definition) is 4. The molecule has 1 aliphatic rings. The number of hydrogen-bond donors (Lipinski definition) is 0. The van der Waals surface area contributed by atoms with E-state index < -0.39 is 15.3 Å². The zero-order chi connectivity index (χ0) is 15.3. The lowest BCUT2D eigenvalue weighted by Crippen LogP contribution is -2.41. The topological polar surface area (TPSA) is 60.4 Å². The number of carbonyl (C=O) groups excluding carboxylic acids is 1. The molecule has 0 amide bonds. The van der Waals surface area contributed by atoms with Gasteiger partial charge < -0.3 is 4.74 Å². The van der Waals surface area contributed by atoms with Crippen LogP contribution >= 0.6 is 0 Å². The summed E-state index contributed by atoms with van der Waals surface area (Å²) in [4.78, 5) is 12.6. The van der Waals surface area contributed by atoms with E-state index in [-0.39, 0.29) is 23.2 Å². The molecule has 1 saturated carbocycles. The lowest BCUT2D eigenvalue weighted by molar-refractivity contribution is -0.156. The van der Waals surface area contributed by atoms with E-state index in [9.17, 15) is 13.2 Å². The summed E-state index contributed by atoms with van der Waals surface area (Å²) >= 11 is 0. The van der Waals surface area contributed by atoms with Crippen molar-refractivity contribution >= 4 is 15.8 Å². The molecule has 1 aromatic carbocycles. The summed E-state index contributed by atoms with van der Waals surface area (Å²) in [7, 11) is -3.48. The summed E-state index contributed by atoms with van der Waals surface area (Å²) in [5.74, 6) is -0.507. The van der Waals surface area contributed by atoms with Gasteiger partial charge in [0.1, 0.15) is 0 Å². The Balaban J connectivity index is 2.29. The summed E-state index contributed by atoms with van der Waals surface area (Å²) in [5, 5.41) is 0. The first-order valence-corrected chi connectivity index (χ1v) is 9.10. The maximum absolute atomic E-state index is 12.6. The number of carbonyl (C=O) groups is 1. The number of benzene rings is 1. The smallest absolute Gasteiger partial charge is 0.313 e. The van der Waals surface area contributed by atoms with Crippen LogP contribution in [0.3, 0.4) is 0 Å². The molecule has 116 valence electrons. The highest BCUT2D eigenvalue weighted by atomic mass is 32.2. The third-order valence-corrected chi connectivity index (χ3v) is 6.01. The molecule has 0 N–H and O–H groups in total. The normalized spacial score (nSPS) is 18.1. The molecule has 0 saturated heterocycles. The predicted octanol–water partition coefficient (Wildman–Crippen LogP) is 2.97. The van der Waals surface area contributed by atoms with Crippen LogP contribution in [0.15, 0.2) is 35.2 Å². The van der Waals surface area contributed by atoms with Gasteiger partial charge in [0.2, 0.25) is 0 Å². The van der Waals surface area contributed by atoms with Gasteiger partial charge in [-0.15, -0.1) is 0 Å². The van der Waals surface area contributed by atoms with E-state index >= 15 is 0 Å². The SMILES string of the molecule is CCOC(=O)C1(CS(=O)(=O)c2ccccc2)CCCCC1. The van der Waals surface area contributed by atoms with E-state index in [1.54, 1.807) is 37.3 Å². The average Bonchev–Trinajstić information content (AvgIpc) is 2.49. The molecule has 4 nitrogen and oxygen atoms in total. The molecule has 0 radical (unpaired) electrons. The fourth-order valence-electron chi connectivity index (χ4n) is 3.00. The number of sulfone groups is 1. The summed E-state index contributed by atoms with van der Waals surface area (Å²) < 4.78 is 30.4. The van der Waals surface area contributed by atoms with Crippen LogP contribution in [0, 0.1) is 5.41 Å². The van der Waals surface area contributed by atoms with Crippen molar-refractivity contribution in [3.63, 3.8) is 0 Å². The van der Waals surface area contributed by atoms with Crippen LogP contribution in [0.1, 0.15) is 39.0 Å². The van der Waals surface area contributed by atoms with Gasteiger partial charge in [0, 0.05) is 0 Å². The highest BCUT2D eigenvalue weighted by Crippen LogP contribution is 2.40. The molecule has 0 unspecified atom stereocenters. The summed E-state index contributed by atoms with van der Waals surface area (Å²) in [5.41, 5.74) is -0.872. The van der Waals surface area contributed by atoms with Gasteiger partial charge in [-0.3, -0.25) is 4.79 Å². The Labute approximate surface area is 126 Å². The molecule has 2 rings (SSSR count). The van der Waals surface area contributed by atoms with Crippen molar-refractivity contribution in [1.29, 1.82) is 0 Å². The summed E-state index contributed by atoms with van der Waals surface area (Å²) in [6.07, 6.45) is 3.99. The molecule has 1 aromatic rings. The van der Waals surface area contributed by atoms with Crippen molar-refractivity contribution in [3.05, 3.63) is 30.3 Å². The van der Waals surface area contributed by atoms with Crippen LogP contribution in [0.25, 0.3) is 0 Å². The minimum Gasteiger partial charge on any atom is -0.466 e. The van der Waals surface area contributed by atoms with Crippen molar-refractivity contribution in [3.8, 4) is 0 Å².